The first-order valence-corrected chi connectivity index (χ1v) is 11.3. The Morgan fingerprint density at radius 3 is 2.50 bits per heavy atom. The lowest BCUT2D eigenvalue weighted by molar-refractivity contribution is -0.154. The van der Waals surface area contributed by atoms with Crippen LogP contribution in [0.3, 0.4) is 0 Å². The van der Waals surface area contributed by atoms with E-state index in [0.29, 0.717) is 16.8 Å². The summed E-state index contributed by atoms with van der Waals surface area (Å²) in [6, 6.07) is 9.68. The monoisotopic (exact) mass is 455 g/mol. The van der Waals surface area contributed by atoms with Crippen molar-refractivity contribution >= 4 is 33.4 Å². The fourth-order valence-electron chi connectivity index (χ4n) is 3.40. The molecule has 3 rings (SSSR count). The van der Waals surface area contributed by atoms with Crippen LogP contribution in [0.4, 0.5) is 0 Å². The highest BCUT2D eigenvalue weighted by Gasteiger charge is 2.27. The predicted octanol–water partition coefficient (Wildman–Crippen LogP) is 3.84. The number of rotatable bonds is 7. The van der Waals surface area contributed by atoms with E-state index in [1.165, 1.54) is 22.2 Å². The molecule has 0 saturated heterocycles. The van der Waals surface area contributed by atoms with Crippen molar-refractivity contribution in [1.82, 2.24) is 14.5 Å². The highest BCUT2D eigenvalue weighted by molar-refractivity contribution is 7.18. The van der Waals surface area contributed by atoms with Crippen molar-refractivity contribution in [3.8, 4) is 0 Å². The largest absolute Gasteiger partial charge is 0.456 e. The van der Waals surface area contributed by atoms with E-state index in [0.717, 1.165) is 16.0 Å². The van der Waals surface area contributed by atoms with Gasteiger partial charge in [0.2, 0.25) is 0 Å². The van der Waals surface area contributed by atoms with Gasteiger partial charge in [0.1, 0.15) is 4.83 Å². The van der Waals surface area contributed by atoms with Gasteiger partial charge in [0, 0.05) is 23.5 Å². The zero-order valence-electron chi connectivity index (χ0n) is 19.2. The third-order valence-electron chi connectivity index (χ3n) is 5.36. The van der Waals surface area contributed by atoms with Crippen molar-refractivity contribution in [1.29, 1.82) is 0 Å². The quantitative estimate of drug-likeness (QED) is 0.506. The van der Waals surface area contributed by atoms with E-state index < -0.39 is 11.5 Å². The Bertz CT molecular complexity index is 1180. The molecule has 0 aliphatic carbocycles. The zero-order chi connectivity index (χ0) is 23.5. The number of fused-ring (bicyclic) bond motifs is 1. The Morgan fingerprint density at radius 2 is 1.84 bits per heavy atom. The smallest absolute Gasteiger partial charge is 0.308 e. The topological polar surface area (TPSA) is 81.5 Å². The second kappa shape index (κ2) is 9.65. The normalized spacial score (nSPS) is 11.5. The highest BCUT2D eigenvalue weighted by atomic mass is 32.1. The first-order valence-electron chi connectivity index (χ1n) is 10.5. The lowest BCUT2D eigenvalue weighted by Crippen LogP contribution is -2.46. The molecule has 0 aliphatic heterocycles. The molecule has 8 heteroatoms. The third kappa shape index (κ3) is 5.43. The van der Waals surface area contributed by atoms with Crippen LogP contribution in [0.2, 0.25) is 0 Å². The van der Waals surface area contributed by atoms with Crippen LogP contribution in [0.25, 0.3) is 10.2 Å². The Hall–Kier alpha value is -3.00. The molecule has 1 aromatic carbocycles. The molecule has 0 aliphatic rings. The number of carbonyl (C=O) groups excluding carboxylic acids is 2. The SMILES string of the molecule is Cc1sc2ncn(CCC(=O)OCC(=O)N(Cc3ccccc3)C(C)(C)C)c(=O)c2c1C. The van der Waals surface area contributed by atoms with Gasteiger partial charge in [-0.1, -0.05) is 30.3 Å². The molecular formula is C24H29N3O4S. The number of benzene rings is 1. The number of hydrogen-bond acceptors (Lipinski definition) is 6. The predicted molar refractivity (Wildman–Crippen MR) is 126 cm³/mol. The zero-order valence-corrected chi connectivity index (χ0v) is 20.0. The number of thiophene rings is 1. The average molecular weight is 456 g/mol. The molecule has 2 aromatic heterocycles. The molecule has 7 nitrogen and oxygen atoms in total. The average Bonchev–Trinajstić information content (AvgIpc) is 3.04. The maximum atomic E-state index is 12.8. The van der Waals surface area contributed by atoms with Crippen molar-refractivity contribution in [2.75, 3.05) is 6.61 Å². The van der Waals surface area contributed by atoms with E-state index in [1.807, 2.05) is 65.0 Å². The van der Waals surface area contributed by atoms with E-state index in [4.69, 9.17) is 4.74 Å². The summed E-state index contributed by atoms with van der Waals surface area (Å²) < 4.78 is 6.65. The molecule has 0 unspecified atom stereocenters. The lowest BCUT2D eigenvalue weighted by atomic mass is 10.0. The van der Waals surface area contributed by atoms with Gasteiger partial charge in [-0.15, -0.1) is 11.3 Å². The number of nitrogens with zero attached hydrogens (tertiary/aromatic N) is 3. The van der Waals surface area contributed by atoms with E-state index in [9.17, 15) is 14.4 Å². The Morgan fingerprint density at radius 1 is 1.16 bits per heavy atom. The standard InChI is InChI=1S/C24H29N3O4S/c1-16-17(2)32-22-21(16)23(30)26(15-25-22)12-11-20(29)31-14-19(28)27(24(3,4)5)13-18-9-7-6-8-10-18/h6-10,15H,11-14H2,1-5H3. The molecule has 0 bridgehead atoms. The Labute approximate surface area is 191 Å². The highest BCUT2D eigenvalue weighted by Crippen LogP contribution is 2.25. The summed E-state index contributed by atoms with van der Waals surface area (Å²) in [7, 11) is 0. The van der Waals surface area contributed by atoms with Gasteiger partial charge in [-0.05, 0) is 45.7 Å². The second-order valence-corrected chi connectivity index (χ2v) is 9.96. The first-order chi connectivity index (χ1) is 15.1. The fraction of sp³-hybridized carbons (Fsp3) is 0.417. The summed E-state index contributed by atoms with van der Waals surface area (Å²) in [6.07, 6.45) is 1.44. The van der Waals surface area contributed by atoms with Crippen molar-refractivity contribution in [3.05, 3.63) is 63.0 Å². The summed E-state index contributed by atoms with van der Waals surface area (Å²) in [4.78, 5) is 45.6. The number of carbonyl (C=O) groups is 2. The van der Waals surface area contributed by atoms with Gasteiger partial charge < -0.3 is 9.64 Å². The van der Waals surface area contributed by atoms with Gasteiger partial charge in [-0.3, -0.25) is 19.0 Å². The molecule has 2 heterocycles. The first kappa shape index (κ1) is 23.7. The van der Waals surface area contributed by atoms with Crippen LogP contribution in [-0.2, 0) is 27.4 Å². The minimum absolute atomic E-state index is 0.0171. The van der Waals surface area contributed by atoms with Crippen LogP contribution in [0.15, 0.2) is 41.5 Å². The number of ether oxygens (including phenoxy) is 1. The minimum atomic E-state index is -0.530. The summed E-state index contributed by atoms with van der Waals surface area (Å²) >= 11 is 1.48. The maximum Gasteiger partial charge on any atom is 0.308 e. The van der Waals surface area contributed by atoms with Crippen LogP contribution < -0.4 is 5.56 Å². The summed E-state index contributed by atoms with van der Waals surface area (Å²) in [6.45, 7) is 9.93. The molecule has 0 N–H and O–H groups in total. The van der Waals surface area contributed by atoms with Crippen molar-refractivity contribution in [3.63, 3.8) is 0 Å². The van der Waals surface area contributed by atoms with E-state index >= 15 is 0 Å². The van der Waals surface area contributed by atoms with E-state index in [2.05, 4.69) is 4.98 Å². The van der Waals surface area contributed by atoms with Gasteiger partial charge >= 0.3 is 5.97 Å². The molecule has 0 radical (unpaired) electrons. The fourth-order valence-corrected chi connectivity index (χ4v) is 4.39. The van der Waals surface area contributed by atoms with Gasteiger partial charge in [-0.25, -0.2) is 4.98 Å². The molecule has 3 aromatic rings. The second-order valence-electron chi connectivity index (χ2n) is 8.75. The number of aromatic nitrogens is 2. The minimum Gasteiger partial charge on any atom is -0.456 e. The van der Waals surface area contributed by atoms with E-state index in [-0.39, 0.29) is 31.0 Å². The number of amides is 1. The maximum absolute atomic E-state index is 12.8. The van der Waals surface area contributed by atoms with Crippen LogP contribution in [-0.4, -0.2) is 38.5 Å². The molecule has 0 spiro atoms. The van der Waals surface area contributed by atoms with Crippen LogP contribution in [0.1, 0.15) is 43.2 Å². The van der Waals surface area contributed by atoms with Gasteiger partial charge in [-0.2, -0.15) is 0 Å². The number of esters is 1. The van der Waals surface area contributed by atoms with Crippen molar-refractivity contribution < 1.29 is 14.3 Å². The van der Waals surface area contributed by atoms with Gasteiger partial charge in [0.15, 0.2) is 6.61 Å². The van der Waals surface area contributed by atoms with Crippen LogP contribution in [0, 0.1) is 13.8 Å². The molecule has 0 saturated carbocycles. The molecule has 32 heavy (non-hydrogen) atoms. The molecule has 1 amide bonds. The third-order valence-corrected chi connectivity index (χ3v) is 6.48. The molecular weight excluding hydrogens is 426 g/mol. The van der Waals surface area contributed by atoms with Gasteiger partial charge in [0.05, 0.1) is 18.1 Å². The summed E-state index contributed by atoms with van der Waals surface area (Å²) in [5, 5.41) is 0.597. The summed E-state index contributed by atoms with van der Waals surface area (Å²) in [5.41, 5.74) is 1.33. The molecule has 0 fully saturated rings. The van der Waals surface area contributed by atoms with Crippen molar-refractivity contribution in [2.45, 2.75) is 59.7 Å². The number of aryl methyl sites for hydroxylation is 3. The van der Waals surface area contributed by atoms with E-state index in [1.54, 1.807) is 4.90 Å². The Kier molecular flexibility index (Phi) is 7.13. The Balaban J connectivity index is 1.59. The summed E-state index contributed by atoms with van der Waals surface area (Å²) in [5.74, 6) is -0.795. The van der Waals surface area contributed by atoms with Gasteiger partial charge in [0.25, 0.3) is 11.5 Å². The number of hydrogen-bond donors (Lipinski definition) is 0. The molecule has 170 valence electrons. The van der Waals surface area contributed by atoms with Crippen LogP contribution >= 0.6 is 11.3 Å². The molecule has 0 atom stereocenters. The van der Waals surface area contributed by atoms with Crippen molar-refractivity contribution in [2.24, 2.45) is 0 Å². The lowest BCUT2D eigenvalue weighted by Gasteiger charge is -2.35. The van der Waals surface area contributed by atoms with Crippen LogP contribution in [0.5, 0.6) is 0 Å².